The third-order valence-electron chi connectivity index (χ3n) is 7.63. The summed E-state index contributed by atoms with van der Waals surface area (Å²) in [5.74, 6) is 0.309. The second-order valence-electron chi connectivity index (χ2n) is 9.36. The molecule has 0 spiro atoms. The van der Waals surface area contributed by atoms with Crippen LogP contribution in [0.2, 0.25) is 0 Å². The molecule has 2 aromatic rings. The van der Waals surface area contributed by atoms with Gasteiger partial charge in [-0.25, -0.2) is 4.99 Å². The molecule has 3 N–H and O–H groups in total. The van der Waals surface area contributed by atoms with Gasteiger partial charge in [0.25, 0.3) is 0 Å². The summed E-state index contributed by atoms with van der Waals surface area (Å²) < 4.78 is 0. The van der Waals surface area contributed by atoms with Gasteiger partial charge in [-0.1, -0.05) is 54.5 Å². The maximum atomic E-state index is 7.07. The Hall–Kier alpha value is -2.49. The van der Waals surface area contributed by atoms with Crippen LogP contribution in [0.5, 0.6) is 0 Å². The fraction of sp³-hybridized carbons (Fsp3) is 0.458. The molecular formula is C24H32N4. The van der Waals surface area contributed by atoms with E-state index in [-0.39, 0.29) is 16.2 Å². The van der Waals surface area contributed by atoms with Crippen molar-refractivity contribution in [2.75, 3.05) is 0 Å². The molecule has 0 aliphatic heterocycles. The predicted octanol–water partition coefficient (Wildman–Crippen LogP) is 5.22. The third-order valence-corrected chi connectivity index (χ3v) is 7.63. The van der Waals surface area contributed by atoms with Crippen LogP contribution >= 0.6 is 0 Å². The van der Waals surface area contributed by atoms with E-state index in [9.17, 15) is 0 Å². The largest absolute Gasteiger partial charge is 0.383 e. The molecule has 1 aromatic heterocycles. The number of aryl methyl sites for hydroxylation is 1. The molecule has 4 nitrogen and oxygen atoms in total. The molecule has 0 atom stereocenters. The number of benzene rings is 1. The molecule has 148 valence electrons. The Morgan fingerprint density at radius 2 is 1.68 bits per heavy atom. The van der Waals surface area contributed by atoms with Gasteiger partial charge >= 0.3 is 0 Å². The predicted molar refractivity (Wildman–Crippen MR) is 118 cm³/mol. The Kier molecular flexibility index (Phi) is 4.73. The summed E-state index contributed by atoms with van der Waals surface area (Å²) >= 11 is 0. The van der Waals surface area contributed by atoms with Gasteiger partial charge in [0.1, 0.15) is 12.2 Å². The van der Waals surface area contributed by atoms with E-state index in [1.807, 2.05) is 12.1 Å². The molecular weight excluding hydrogens is 344 g/mol. The molecule has 0 saturated heterocycles. The van der Waals surface area contributed by atoms with Gasteiger partial charge in [-0.05, 0) is 57.6 Å². The Morgan fingerprint density at radius 3 is 2.18 bits per heavy atom. The number of amidine groups is 1. The van der Waals surface area contributed by atoms with Crippen LogP contribution in [-0.4, -0.2) is 17.2 Å². The van der Waals surface area contributed by atoms with Crippen LogP contribution in [-0.2, 0) is 17.3 Å². The Balaban J connectivity index is 2.18. The normalized spacial score (nSPS) is 19.3. The first-order chi connectivity index (χ1) is 13.0. The lowest BCUT2D eigenvalue weighted by Crippen LogP contribution is -2.42. The molecule has 0 bridgehead atoms. The smallest absolute Gasteiger partial charge is 0.134 e. The van der Waals surface area contributed by atoms with Gasteiger partial charge in [-0.2, -0.15) is 0 Å². The second kappa shape index (κ2) is 6.54. The van der Waals surface area contributed by atoms with Crippen molar-refractivity contribution >= 4 is 12.2 Å². The van der Waals surface area contributed by atoms with Crippen molar-refractivity contribution in [2.45, 2.75) is 65.7 Å². The lowest BCUT2D eigenvalue weighted by molar-refractivity contribution is 0.125. The van der Waals surface area contributed by atoms with Crippen molar-refractivity contribution in [1.29, 1.82) is 5.41 Å². The van der Waals surface area contributed by atoms with Crippen LogP contribution in [0.4, 0.5) is 0 Å². The molecule has 1 aromatic carbocycles. The number of fused-ring (bicyclic) bond motifs is 1. The Bertz CT molecular complexity index is 947. The summed E-state index contributed by atoms with van der Waals surface area (Å²) in [5.41, 5.74) is 13.3. The van der Waals surface area contributed by atoms with Gasteiger partial charge in [0.2, 0.25) is 0 Å². The molecule has 3 rings (SSSR count). The minimum absolute atomic E-state index is 0.0633. The molecule has 28 heavy (non-hydrogen) atoms. The summed E-state index contributed by atoms with van der Waals surface area (Å²) in [6.07, 6.45) is 3.65. The molecule has 0 fully saturated rings. The topological polar surface area (TPSA) is 75.1 Å². The summed E-state index contributed by atoms with van der Waals surface area (Å²) in [6, 6.07) is 8.69. The van der Waals surface area contributed by atoms with E-state index in [2.05, 4.69) is 70.6 Å². The highest BCUT2D eigenvalue weighted by Crippen LogP contribution is 2.62. The van der Waals surface area contributed by atoms with Crippen molar-refractivity contribution in [3.05, 3.63) is 52.7 Å². The number of hydrogen-bond donors (Lipinski definition) is 2. The average Bonchev–Trinajstić information content (AvgIpc) is 2.76. The summed E-state index contributed by atoms with van der Waals surface area (Å²) in [5, 5.41) is 7.07. The summed E-state index contributed by atoms with van der Waals surface area (Å²) in [6.45, 7) is 16.4. The first kappa shape index (κ1) is 20.2. The summed E-state index contributed by atoms with van der Waals surface area (Å²) in [4.78, 5) is 8.50. The van der Waals surface area contributed by atoms with Crippen molar-refractivity contribution < 1.29 is 0 Å². The standard InChI is InChI=1S/C24H32N4/c1-8-15-11-18-19(23(4,5)24(6,7)22(18,2)3)12-17(15)20-10-9-16(13-27-20)21(26)28-14-25/h9-14H,8H2,1-7H3,(H3,25,26,28). The van der Waals surface area contributed by atoms with Gasteiger partial charge in [-0.3, -0.25) is 10.4 Å². The Morgan fingerprint density at radius 1 is 1.07 bits per heavy atom. The number of rotatable bonds is 4. The SMILES string of the molecule is CCc1cc2c(cc1-c1ccc(/C(N)=N/C=N)cn1)C(C)(C)C(C)(C)C2(C)C. The van der Waals surface area contributed by atoms with E-state index in [1.54, 1.807) is 6.20 Å². The number of nitrogens with two attached hydrogens (primary N) is 1. The van der Waals surface area contributed by atoms with Crippen molar-refractivity contribution in [3.8, 4) is 11.3 Å². The van der Waals surface area contributed by atoms with E-state index in [4.69, 9.17) is 11.1 Å². The molecule has 0 saturated carbocycles. The molecule has 1 aliphatic carbocycles. The van der Waals surface area contributed by atoms with E-state index in [1.165, 1.54) is 22.3 Å². The zero-order valence-corrected chi connectivity index (χ0v) is 18.1. The van der Waals surface area contributed by atoms with Gasteiger partial charge < -0.3 is 5.73 Å². The maximum absolute atomic E-state index is 7.07. The zero-order chi connectivity index (χ0) is 20.9. The molecule has 1 aliphatic rings. The number of nitrogens with zero attached hydrogens (tertiary/aromatic N) is 2. The van der Waals surface area contributed by atoms with Crippen LogP contribution in [0.15, 0.2) is 35.5 Å². The van der Waals surface area contributed by atoms with Gasteiger partial charge in [0.15, 0.2) is 0 Å². The number of nitrogens with one attached hydrogen (secondary N) is 1. The molecule has 4 heteroatoms. The molecule has 0 unspecified atom stereocenters. The lowest BCUT2D eigenvalue weighted by Gasteiger charge is -2.44. The van der Waals surface area contributed by atoms with Gasteiger partial charge in [-0.15, -0.1) is 0 Å². The van der Waals surface area contributed by atoms with Crippen molar-refractivity contribution in [2.24, 2.45) is 16.1 Å². The maximum Gasteiger partial charge on any atom is 0.134 e. The second-order valence-corrected chi connectivity index (χ2v) is 9.36. The zero-order valence-electron chi connectivity index (χ0n) is 18.1. The molecule has 0 radical (unpaired) electrons. The fourth-order valence-electron chi connectivity index (χ4n) is 4.51. The van der Waals surface area contributed by atoms with Crippen LogP contribution in [0.3, 0.4) is 0 Å². The van der Waals surface area contributed by atoms with Crippen LogP contribution in [0, 0.1) is 10.8 Å². The van der Waals surface area contributed by atoms with Crippen LogP contribution in [0.1, 0.15) is 70.7 Å². The highest BCUT2D eigenvalue weighted by Gasteiger charge is 2.56. The Labute approximate surface area is 168 Å². The highest BCUT2D eigenvalue weighted by atomic mass is 14.9. The molecule has 0 amide bonds. The number of hydrogen-bond acceptors (Lipinski definition) is 2. The first-order valence-corrected chi connectivity index (χ1v) is 9.96. The number of aromatic nitrogens is 1. The first-order valence-electron chi connectivity index (χ1n) is 9.96. The van der Waals surface area contributed by atoms with Crippen LogP contribution < -0.4 is 5.73 Å². The summed E-state index contributed by atoms with van der Waals surface area (Å²) in [7, 11) is 0. The number of pyridine rings is 1. The number of aliphatic imine (C=N–C) groups is 1. The van der Waals surface area contributed by atoms with E-state index < -0.39 is 0 Å². The average molecular weight is 377 g/mol. The highest BCUT2D eigenvalue weighted by molar-refractivity contribution is 6.00. The van der Waals surface area contributed by atoms with E-state index in [0.29, 0.717) is 5.84 Å². The van der Waals surface area contributed by atoms with Gasteiger partial charge in [0, 0.05) is 17.3 Å². The van der Waals surface area contributed by atoms with E-state index >= 15 is 0 Å². The minimum Gasteiger partial charge on any atom is -0.383 e. The quantitative estimate of drug-likeness (QED) is 0.567. The fourth-order valence-corrected chi connectivity index (χ4v) is 4.51. The molecule has 1 heterocycles. The van der Waals surface area contributed by atoms with Crippen molar-refractivity contribution in [1.82, 2.24) is 4.98 Å². The third kappa shape index (κ3) is 2.69. The lowest BCUT2D eigenvalue weighted by atomic mass is 9.59. The minimum atomic E-state index is 0.0633. The van der Waals surface area contributed by atoms with E-state index in [0.717, 1.165) is 24.0 Å². The van der Waals surface area contributed by atoms with Crippen LogP contribution in [0.25, 0.3) is 11.3 Å². The van der Waals surface area contributed by atoms with Gasteiger partial charge in [0.05, 0.1) is 5.69 Å². The van der Waals surface area contributed by atoms with Crippen molar-refractivity contribution in [3.63, 3.8) is 0 Å². The monoisotopic (exact) mass is 376 g/mol.